The van der Waals surface area contributed by atoms with E-state index in [2.05, 4.69) is 5.32 Å². The van der Waals surface area contributed by atoms with Crippen molar-refractivity contribution in [2.75, 3.05) is 5.32 Å². The van der Waals surface area contributed by atoms with E-state index in [9.17, 15) is 27.0 Å². The van der Waals surface area contributed by atoms with Gasteiger partial charge in [-0.15, -0.1) is 0 Å². The number of para-hydroxylation sites is 1. The molecule has 3 aromatic carbocycles. The number of sulfonamides is 1. The van der Waals surface area contributed by atoms with Crippen molar-refractivity contribution in [1.29, 1.82) is 0 Å². The minimum absolute atomic E-state index is 0.00159. The predicted molar refractivity (Wildman–Crippen MR) is 193 cm³/mol. The molecule has 15 heteroatoms. The van der Waals surface area contributed by atoms with E-state index in [1.165, 1.54) is 4.57 Å². The number of nitrogens with one attached hydrogen (secondary N) is 2. The van der Waals surface area contributed by atoms with Crippen LogP contribution in [0.2, 0.25) is 10.0 Å². The van der Waals surface area contributed by atoms with Crippen molar-refractivity contribution < 1.29 is 26.6 Å². The van der Waals surface area contributed by atoms with Gasteiger partial charge in [-0.1, -0.05) is 72.8 Å². The molecule has 0 spiro atoms. The summed E-state index contributed by atoms with van der Waals surface area (Å²) in [5.41, 5.74) is -0.124. The van der Waals surface area contributed by atoms with Gasteiger partial charge in [0.25, 0.3) is 15.6 Å². The van der Waals surface area contributed by atoms with Gasteiger partial charge in [-0.3, -0.25) is 23.2 Å². The topological polar surface area (TPSA) is 157 Å². The number of aromatic nitrogens is 2. The number of furan rings is 1. The van der Waals surface area contributed by atoms with E-state index in [0.717, 1.165) is 56.9 Å². The van der Waals surface area contributed by atoms with Crippen LogP contribution in [-0.4, -0.2) is 34.0 Å². The van der Waals surface area contributed by atoms with Crippen molar-refractivity contribution >= 4 is 72.4 Å². The third-order valence-corrected chi connectivity index (χ3v) is 11.6. The first-order valence-electron chi connectivity index (χ1n) is 15.8. The van der Waals surface area contributed by atoms with Gasteiger partial charge in [-0.25, -0.2) is 18.1 Å². The maximum atomic E-state index is 14.3. The summed E-state index contributed by atoms with van der Waals surface area (Å²) in [6.45, 7) is 1.25. The second-order valence-electron chi connectivity index (χ2n) is 11.4. The molecule has 0 bridgehead atoms. The fourth-order valence-electron chi connectivity index (χ4n) is 5.43. The zero-order valence-electron chi connectivity index (χ0n) is 26.9. The van der Waals surface area contributed by atoms with Crippen molar-refractivity contribution in [2.24, 2.45) is 0 Å². The Hall–Kier alpha value is -4.30. The molecule has 0 fully saturated rings. The molecule has 0 aliphatic rings. The summed E-state index contributed by atoms with van der Waals surface area (Å²) in [5.74, 6) is -0.719. The Morgan fingerprint density at radius 2 is 1.62 bits per heavy atom. The van der Waals surface area contributed by atoms with Crippen LogP contribution in [-0.2, 0) is 43.4 Å². The van der Waals surface area contributed by atoms with E-state index >= 15 is 0 Å². The Bertz CT molecular complexity index is 2190. The second-order valence-corrected chi connectivity index (χ2v) is 15.4. The number of anilines is 1. The second kappa shape index (κ2) is 16.6. The minimum atomic E-state index is -4.35. The normalized spacial score (nSPS) is 12.8. The highest BCUT2D eigenvalue weighted by molar-refractivity contribution is 7.90. The molecule has 11 nitrogen and oxygen atoms in total. The number of nitrogens with zero attached hydrogens (tertiary/aromatic N) is 2. The highest BCUT2D eigenvalue weighted by Gasteiger charge is 2.34. The number of rotatable bonds is 15. The van der Waals surface area contributed by atoms with Gasteiger partial charge < -0.3 is 9.73 Å². The van der Waals surface area contributed by atoms with Gasteiger partial charge in [0.05, 0.1) is 43.7 Å². The number of hydrogen-bond donors (Lipinski definition) is 2. The van der Waals surface area contributed by atoms with Gasteiger partial charge in [0.1, 0.15) is 16.5 Å². The van der Waals surface area contributed by atoms with Crippen molar-refractivity contribution in [2.45, 2.75) is 67.0 Å². The molecule has 2 amide bonds. The third kappa shape index (κ3) is 8.88. The van der Waals surface area contributed by atoms with Crippen LogP contribution < -0.4 is 15.6 Å². The number of unbranched alkanes of at least 4 members (excludes halogenated alkanes) is 4. The van der Waals surface area contributed by atoms with Crippen LogP contribution in [0.5, 0.6) is 0 Å². The third-order valence-electron chi connectivity index (χ3n) is 7.79. The van der Waals surface area contributed by atoms with Crippen LogP contribution >= 0.6 is 23.2 Å². The average molecular weight is 758 g/mol. The van der Waals surface area contributed by atoms with E-state index in [1.54, 1.807) is 60.9 Å². The SMILES string of the molecule is CC(=O)NS(=O)(=O)c1cc(Cl)c(NC(=O)C(c2nc3ccccc3c(=O)n2CCCCCCCc2ccco2)S(=O)c2ccccc2)cc1Cl. The van der Waals surface area contributed by atoms with Crippen molar-refractivity contribution in [1.82, 2.24) is 14.3 Å². The molecule has 0 aliphatic heterocycles. The molecule has 0 saturated carbocycles. The minimum Gasteiger partial charge on any atom is -0.469 e. The molecular weight excluding hydrogens is 723 g/mol. The molecule has 50 heavy (non-hydrogen) atoms. The predicted octanol–water partition coefficient (Wildman–Crippen LogP) is 6.80. The van der Waals surface area contributed by atoms with Gasteiger partial charge in [0, 0.05) is 24.8 Å². The van der Waals surface area contributed by atoms with Crippen molar-refractivity contribution in [3.8, 4) is 0 Å². The van der Waals surface area contributed by atoms with Crippen molar-refractivity contribution in [3.63, 3.8) is 0 Å². The Balaban J connectivity index is 1.48. The lowest BCUT2D eigenvalue weighted by Crippen LogP contribution is -2.34. The summed E-state index contributed by atoms with van der Waals surface area (Å²) < 4.78 is 48.2. The zero-order chi connectivity index (χ0) is 35.8. The largest absolute Gasteiger partial charge is 0.469 e. The molecule has 0 radical (unpaired) electrons. The van der Waals surface area contributed by atoms with Crippen LogP contribution in [0.4, 0.5) is 5.69 Å². The van der Waals surface area contributed by atoms with Crippen LogP contribution in [0.25, 0.3) is 10.9 Å². The molecule has 2 aromatic heterocycles. The molecule has 2 unspecified atom stereocenters. The summed E-state index contributed by atoms with van der Waals surface area (Å²) >= 11 is 12.7. The Labute approximate surface area is 301 Å². The molecule has 2 heterocycles. The molecular formula is C35H34Cl2N4O7S2. The van der Waals surface area contributed by atoms with Crippen LogP contribution in [0.15, 0.2) is 104 Å². The monoisotopic (exact) mass is 756 g/mol. The van der Waals surface area contributed by atoms with Gasteiger partial charge in [-0.2, -0.15) is 0 Å². The highest BCUT2D eigenvalue weighted by Crippen LogP contribution is 2.34. The first kappa shape index (κ1) is 37.0. The first-order valence-corrected chi connectivity index (χ1v) is 19.2. The Kier molecular flexibility index (Phi) is 12.3. The number of benzene rings is 3. The number of amides is 2. The lowest BCUT2D eigenvalue weighted by molar-refractivity contribution is -0.117. The lowest BCUT2D eigenvalue weighted by atomic mass is 10.1. The molecule has 0 saturated heterocycles. The van der Waals surface area contributed by atoms with E-state index in [1.807, 2.05) is 16.9 Å². The number of fused-ring (bicyclic) bond motifs is 1. The van der Waals surface area contributed by atoms with Gasteiger partial charge in [0.2, 0.25) is 11.8 Å². The Morgan fingerprint density at radius 3 is 2.34 bits per heavy atom. The molecule has 5 rings (SSSR count). The first-order chi connectivity index (χ1) is 24.0. The fourth-order valence-corrected chi connectivity index (χ4v) is 8.57. The molecule has 5 aromatic rings. The average Bonchev–Trinajstić information content (AvgIpc) is 3.60. The van der Waals surface area contributed by atoms with E-state index in [0.29, 0.717) is 22.2 Å². The highest BCUT2D eigenvalue weighted by atomic mass is 35.5. The van der Waals surface area contributed by atoms with Crippen LogP contribution in [0, 0.1) is 0 Å². The van der Waals surface area contributed by atoms with Gasteiger partial charge in [0.15, 0.2) is 5.25 Å². The lowest BCUT2D eigenvalue weighted by Gasteiger charge is -2.21. The number of carbonyl (C=O) groups is 2. The summed E-state index contributed by atoms with van der Waals surface area (Å²) in [6, 6.07) is 21.0. The number of carbonyl (C=O) groups excluding carboxylic acids is 2. The zero-order valence-corrected chi connectivity index (χ0v) is 30.1. The summed E-state index contributed by atoms with van der Waals surface area (Å²) in [4.78, 5) is 44.2. The van der Waals surface area contributed by atoms with Crippen molar-refractivity contribution in [3.05, 3.63) is 117 Å². The van der Waals surface area contributed by atoms with E-state index in [-0.39, 0.29) is 33.7 Å². The quantitative estimate of drug-likeness (QED) is 0.110. The maximum absolute atomic E-state index is 14.3. The van der Waals surface area contributed by atoms with E-state index in [4.69, 9.17) is 32.6 Å². The standard InChI is InChI=1S/C35H34Cl2N4O7S2/c1-23(42)40-50(46,47)31-22-27(36)30(21-28(31)37)39-34(43)32(49(45)25-15-7-5-8-16-25)33-38-29-18-10-9-17-26(29)35(44)41(33)19-11-4-2-3-6-13-24-14-12-20-48-24/h5,7-10,12,14-18,20-22,32H,2-4,6,11,13,19H2,1H3,(H,39,43)(H,40,42). The smallest absolute Gasteiger partial charge is 0.265 e. The Morgan fingerprint density at radius 1 is 0.920 bits per heavy atom. The van der Waals surface area contributed by atoms with Crippen LogP contribution in [0.1, 0.15) is 55.9 Å². The molecule has 0 aliphatic carbocycles. The van der Waals surface area contributed by atoms with Gasteiger partial charge in [-0.05, 0) is 61.4 Å². The summed E-state index contributed by atoms with van der Waals surface area (Å²) in [6.07, 6.45) is 6.75. The summed E-state index contributed by atoms with van der Waals surface area (Å²) in [5, 5.41) is 0.930. The number of halogens is 2. The van der Waals surface area contributed by atoms with Crippen LogP contribution in [0.3, 0.4) is 0 Å². The summed E-state index contributed by atoms with van der Waals surface area (Å²) in [7, 11) is -6.42. The molecule has 2 N–H and O–H groups in total. The molecule has 262 valence electrons. The fraction of sp³-hybridized carbons (Fsp3) is 0.257. The van der Waals surface area contributed by atoms with Gasteiger partial charge >= 0.3 is 0 Å². The maximum Gasteiger partial charge on any atom is 0.265 e. The number of hydrogen-bond acceptors (Lipinski definition) is 8. The molecule has 2 atom stereocenters. The number of aryl methyl sites for hydroxylation is 1. The van der Waals surface area contributed by atoms with E-state index < -0.39 is 42.8 Å².